The van der Waals surface area contributed by atoms with Crippen molar-refractivity contribution in [2.45, 2.75) is 25.3 Å². The lowest BCUT2D eigenvalue weighted by atomic mass is 10.2. The molecule has 7 heteroatoms. The van der Waals surface area contributed by atoms with Gasteiger partial charge in [-0.05, 0) is 32.0 Å². The van der Waals surface area contributed by atoms with Gasteiger partial charge in [0.2, 0.25) is 0 Å². The third-order valence-electron chi connectivity index (χ3n) is 3.79. The fraction of sp³-hybridized carbons (Fsp3) is 0.350. The molecule has 2 rings (SSSR count). The van der Waals surface area contributed by atoms with Crippen LogP contribution in [0.4, 0.5) is 0 Å². The summed E-state index contributed by atoms with van der Waals surface area (Å²) in [6.07, 6.45) is 0. The molecule has 0 aliphatic heterocycles. The zero-order chi connectivity index (χ0) is 19.5. The number of rotatable bonds is 9. The molecule has 0 bridgehead atoms. The molecular formula is C20H27N3O3S. The van der Waals surface area contributed by atoms with Crippen molar-refractivity contribution in [1.82, 2.24) is 10.6 Å². The van der Waals surface area contributed by atoms with E-state index in [9.17, 15) is 8.42 Å². The Labute approximate surface area is 161 Å². The molecule has 0 radical (unpaired) electrons. The topological polar surface area (TPSA) is 79.8 Å². The summed E-state index contributed by atoms with van der Waals surface area (Å²) in [7, 11) is -3.32. The van der Waals surface area contributed by atoms with Crippen molar-refractivity contribution in [3.63, 3.8) is 0 Å². The van der Waals surface area contributed by atoms with E-state index in [0.717, 1.165) is 11.3 Å². The standard InChI is InChI=1S/C20H27N3O3S/c1-3-21-20(23-16-17-10-8-9-13-19(17)26-4-2)22-14-15-27(24,25)18-11-6-5-7-12-18/h5-13H,3-4,14-16H2,1-2H3,(H2,21,22,23). The van der Waals surface area contributed by atoms with Gasteiger partial charge >= 0.3 is 0 Å². The molecule has 2 aromatic rings. The summed E-state index contributed by atoms with van der Waals surface area (Å²) in [6.45, 7) is 5.90. The second-order valence-corrected chi connectivity index (χ2v) is 7.90. The highest BCUT2D eigenvalue weighted by atomic mass is 32.2. The number of hydrogen-bond acceptors (Lipinski definition) is 4. The summed E-state index contributed by atoms with van der Waals surface area (Å²) in [5, 5.41) is 6.22. The number of hydrogen-bond donors (Lipinski definition) is 2. The van der Waals surface area contributed by atoms with Crippen molar-refractivity contribution in [1.29, 1.82) is 0 Å². The summed E-state index contributed by atoms with van der Waals surface area (Å²) in [5.74, 6) is 1.38. The maximum Gasteiger partial charge on any atom is 0.191 e. The number of benzene rings is 2. The van der Waals surface area contributed by atoms with Crippen LogP contribution in [0.5, 0.6) is 5.75 Å². The van der Waals surface area contributed by atoms with Crippen LogP contribution in [0.25, 0.3) is 0 Å². The quantitative estimate of drug-likeness (QED) is 0.509. The summed E-state index contributed by atoms with van der Waals surface area (Å²) in [5.41, 5.74) is 0.980. The second-order valence-electron chi connectivity index (χ2n) is 5.79. The zero-order valence-electron chi connectivity index (χ0n) is 15.8. The van der Waals surface area contributed by atoms with E-state index in [2.05, 4.69) is 15.6 Å². The van der Waals surface area contributed by atoms with E-state index in [4.69, 9.17) is 4.74 Å². The molecule has 0 unspecified atom stereocenters. The molecule has 0 aliphatic carbocycles. The Bertz CT molecular complexity index is 837. The number of para-hydroxylation sites is 1. The van der Waals surface area contributed by atoms with Gasteiger partial charge in [0.05, 0.1) is 23.8 Å². The molecule has 0 saturated heterocycles. The van der Waals surface area contributed by atoms with Gasteiger partial charge in [-0.15, -0.1) is 0 Å². The van der Waals surface area contributed by atoms with E-state index in [1.807, 2.05) is 38.1 Å². The van der Waals surface area contributed by atoms with Crippen LogP contribution in [0.3, 0.4) is 0 Å². The first-order valence-electron chi connectivity index (χ1n) is 9.07. The van der Waals surface area contributed by atoms with Crippen molar-refractivity contribution >= 4 is 15.8 Å². The van der Waals surface area contributed by atoms with Crippen molar-refractivity contribution in [3.05, 3.63) is 60.2 Å². The zero-order valence-corrected chi connectivity index (χ0v) is 16.6. The molecule has 0 fully saturated rings. The van der Waals surface area contributed by atoms with Crippen LogP contribution in [0, 0.1) is 0 Å². The van der Waals surface area contributed by atoms with Crippen LogP contribution in [0.2, 0.25) is 0 Å². The molecule has 2 N–H and O–H groups in total. The third-order valence-corrected chi connectivity index (χ3v) is 5.52. The van der Waals surface area contributed by atoms with E-state index >= 15 is 0 Å². The highest BCUT2D eigenvalue weighted by molar-refractivity contribution is 7.91. The number of sulfone groups is 1. The molecule has 0 atom stereocenters. The van der Waals surface area contributed by atoms with Crippen LogP contribution >= 0.6 is 0 Å². The second kappa shape index (κ2) is 10.6. The van der Waals surface area contributed by atoms with E-state index in [0.29, 0.717) is 30.6 Å². The lowest BCUT2D eigenvalue weighted by Gasteiger charge is -2.13. The number of guanidine groups is 1. The molecule has 146 valence electrons. The fourth-order valence-corrected chi connectivity index (χ4v) is 3.66. The molecule has 0 amide bonds. The summed E-state index contributed by atoms with van der Waals surface area (Å²) in [4.78, 5) is 4.87. The molecule has 0 spiro atoms. The first kappa shape index (κ1) is 20.8. The van der Waals surface area contributed by atoms with Gasteiger partial charge in [0.1, 0.15) is 5.75 Å². The minimum absolute atomic E-state index is 0.00302. The van der Waals surface area contributed by atoms with Crippen LogP contribution in [0.1, 0.15) is 19.4 Å². The number of aliphatic imine (C=N–C) groups is 1. The summed E-state index contributed by atoms with van der Waals surface area (Å²) in [6, 6.07) is 16.2. The Hall–Kier alpha value is -2.54. The predicted octanol–water partition coefficient (Wildman–Crippen LogP) is 2.61. The number of nitrogens with zero attached hydrogens (tertiary/aromatic N) is 1. The van der Waals surface area contributed by atoms with Crippen LogP contribution in [-0.4, -0.2) is 39.8 Å². The Morgan fingerprint density at radius 3 is 2.41 bits per heavy atom. The lowest BCUT2D eigenvalue weighted by Crippen LogP contribution is -2.39. The predicted molar refractivity (Wildman–Crippen MR) is 109 cm³/mol. The first-order chi connectivity index (χ1) is 13.1. The number of ether oxygens (including phenoxy) is 1. The highest BCUT2D eigenvalue weighted by Gasteiger charge is 2.13. The van der Waals surface area contributed by atoms with E-state index < -0.39 is 9.84 Å². The summed E-state index contributed by atoms with van der Waals surface area (Å²) < 4.78 is 30.3. The SMILES string of the molecule is CCNC(=NCc1ccccc1OCC)NCCS(=O)(=O)c1ccccc1. The average molecular weight is 390 g/mol. The normalized spacial score (nSPS) is 11.9. The van der Waals surface area contributed by atoms with Crippen molar-refractivity contribution < 1.29 is 13.2 Å². The Kier molecular flexibility index (Phi) is 8.13. The Morgan fingerprint density at radius 2 is 1.70 bits per heavy atom. The van der Waals surface area contributed by atoms with Crippen LogP contribution in [-0.2, 0) is 16.4 Å². The van der Waals surface area contributed by atoms with Gasteiger partial charge in [-0.25, -0.2) is 13.4 Å². The lowest BCUT2D eigenvalue weighted by molar-refractivity contribution is 0.336. The smallest absolute Gasteiger partial charge is 0.191 e. The minimum atomic E-state index is -3.32. The van der Waals surface area contributed by atoms with Crippen molar-refractivity contribution in [2.24, 2.45) is 4.99 Å². The Balaban J connectivity index is 1.98. The molecule has 2 aromatic carbocycles. The molecule has 0 saturated carbocycles. The summed E-state index contributed by atoms with van der Waals surface area (Å²) >= 11 is 0. The van der Waals surface area contributed by atoms with Crippen LogP contribution in [0.15, 0.2) is 64.5 Å². The number of nitrogens with one attached hydrogen (secondary N) is 2. The minimum Gasteiger partial charge on any atom is -0.494 e. The van der Waals surface area contributed by atoms with Gasteiger partial charge in [-0.3, -0.25) is 0 Å². The maximum absolute atomic E-state index is 12.4. The third kappa shape index (κ3) is 6.60. The first-order valence-corrected chi connectivity index (χ1v) is 10.7. The molecule has 0 aromatic heterocycles. The Morgan fingerprint density at radius 1 is 1.00 bits per heavy atom. The van der Waals surface area contributed by atoms with Crippen molar-refractivity contribution in [3.8, 4) is 5.75 Å². The van der Waals surface area contributed by atoms with E-state index in [-0.39, 0.29) is 12.3 Å². The maximum atomic E-state index is 12.4. The van der Waals surface area contributed by atoms with E-state index in [1.54, 1.807) is 30.3 Å². The van der Waals surface area contributed by atoms with Gasteiger partial charge in [0.25, 0.3) is 0 Å². The monoisotopic (exact) mass is 389 g/mol. The fourth-order valence-electron chi connectivity index (χ4n) is 2.49. The molecule has 6 nitrogen and oxygen atoms in total. The van der Waals surface area contributed by atoms with Gasteiger partial charge in [0, 0.05) is 18.7 Å². The van der Waals surface area contributed by atoms with Crippen molar-refractivity contribution in [2.75, 3.05) is 25.4 Å². The van der Waals surface area contributed by atoms with E-state index in [1.165, 1.54) is 0 Å². The van der Waals surface area contributed by atoms with Crippen LogP contribution < -0.4 is 15.4 Å². The molecule has 0 aliphatic rings. The van der Waals surface area contributed by atoms with Gasteiger partial charge < -0.3 is 15.4 Å². The van der Waals surface area contributed by atoms with Gasteiger partial charge in [0.15, 0.2) is 15.8 Å². The largest absolute Gasteiger partial charge is 0.494 e. The van der Waals surface area contributed by atoms with Gasteiger partial charge in [-0.1, -0.05) is 36.4 Å². The molecular weight excluding hydrogens is 362 g/mol. The highest BCUT2D eigenvalue weighted by Crippen LogP contribution is 2.18. The average Bonchev–Trinajstić information content (AvgIpc) is 2.68. The van der Waals surface area contributed by atoms with Gasteiger partial charge in [-0.2, -0.15) is 0 Å². The molecule has 27 heavy (non-hydrogen) atoms. The molecule has 0 heterocycles.